The minimum atomic E-state index is -0.424. The van der Waals surface area contributed by atoms with Crippen molar-refractivity contribution in [2.75, 3.05) is 44.8 Å². The van der Waals surface area contributed by atoms with Crippen LogP contribution in [0.4, 0.5) is 4.79 Å². The third kappa shape index (κ3) is 8.86. The van der Waals surface area contributed by atoms with E-state index in [1.54, 1.807) is 4.90 Å². The summed E-state index contributed by atoms with van der Waals surface area (Å²) in [6.45, 7) is 9.84. The number of carbonyl (C=O) groups excluding carboxylic acids is 1. The Kier molecular flexibility index (Phi) is 9.21. The summed E-state index contributed by atoms with van der Waals surface area (Å²) in [7, 11) is 0. The molecule has 5 nitrogen and oxygen atoms in total. The largest absolute Gasteiger partial charge is 0.444 e. The molecule has 0 spiro atoms. The van der Waals surface area contributed by atoms with Crippen LogP contribution in [0.1, 0.15) is 40.0 Å². The van der Waals surface area contributed by atoms with Crippen LogP contribution in [0.5, 0.6) is 0 Å². The number of piperidine rings is 1. The van der Waals surface area contributed by atoms with E-state index in [-0.39, 0.29) is 12.2 Å². The smallest absolute Gasteiger partial charge is 0.410 e. The van der Waals surface area contributed by atoms with Crippen LogP contribution in [-0.4, -0.2) is 67.5 Å². The molecule has 0 aromatic heterocycles. The molecule has 1 N–H and O–H groups in total. The number of nitrogens with zero attached hydrogens (tertiary/aromatic N) is 1. The molecule has 1 amide bonds. The van der Waals surface area contributed by atoms with Gasteiger partial charge in [0.1, 0.15) is 5.60 Å². The van der Waals surface area contributed by atoms with Crippen LogP contribution in [0.25, 0.3) is 0 Å². The van der Waals surface area contributed by atoms with Crippen molar-refractivity contribution >= 4 is 17.9 Å². The quantitative estimate of drug-likeness (QED) is 0.693. The van der Waals surface area contributed by atoms with E-state index in [0.717, 1.165) is 45.6 Å². The summed E-state index contributed by atoms with van der Waals surface area (Å²) in [6, 6.07) is 0. The van der Waals surface area contributed by atoms with Gasteiger partial charge in [0, 0.05) is 19.6 Å². The average molecular weight is 333 g/mol. The van der Waals surface area contributed by atoms with E-state index >= 15 is 0 Å². The van der Waals surface area contributed by atoms with Gasteiger partial charge in [-0.05, 0) is 58.6 Å². The molecule has 1 saturated heterocycles. The minimum absolute atomic E-state index is 0.207. The summed E-state index contributed by atoms with van der Waals surface area (Å²) >= 11 is 1.88. The van der Waals surface area contributed by atoms with Gasteiger partial charge < -0.3 is 19.7 Å². The van der Waals surface area contributed by atoms with Crippen LogP contribution < -0.4 is 5.32 Å². The lowest BCUT2D eigenvalue weighted by Gasteiger charge is -2.33. The van der Waals surface area contributed by atoms with Gasteiger partial charge in [0.25, 0.3) is 0 Å². The molecule has 0 bridgehead atoms. The van der Waals surface area contributed by atoms with Gasteiger partial charge in [-0.3, -0.25) is 0 Å². The second kappa shape index (κ2) is 10.3. The predicted molar refractivity (Wildman–Crippen MR) is 92.6 cm³/mol. The molecule has 0 atom stereocenters. The van der Waals surface area contributed by atoms with Gasteiger partial charge in [-0.1, -0.05) is 0 Å². The van der Waals surface area contributed by atoms with Crippen LogP contribution >= 0.6 is 11.8 Å². The zero-order chi connectivity index (χ0) is 16.4. The van der Waals surface area contributed by atoms with E-state index in [9.17, 15) is 4.79 Å². The first kappa shape index (κ1) is 19.6. The van der Waals surface area contributed by atoms with Gasteiger partial charge in [-0.25, -0.2) is 4.79 Å². The summed E-state index contributed by atoms with van der Waals surface area (Å²) in [4.78, 5) is 13.7. The van der Waals surface area contributed by atoms with E-state index in [0.29, 0.717) is 0 Å². The third-order valence-corrected chi connectivity index (χ3v) is 4.13. The number of carbonyl (C=O) groups is 1. The zero-order valence-corrected chi connectivity index (χ0v) is 15.3. The number of hydrogen-bond donors (Lipinski definition) is 1. The molecular formula is C16H32N2O3S. The predicted octanol–water partition coefficient (Wildman–Crippen LogP) is 2.75. The summed E-state index contributed by atoms with van der Waals surface area (Å²) in [6.07, 6.45) is 5.19. The van der Waals surface area contributed by atoms with Crippen LogP contribution in [0.3, 0.4) is 0 Å². The maximum absolute atomic E-state index is 12.0. The lowest BCUT2D eigenvalue weighted by molar-refractivity contribution is -0.0104. The Labute approximate surface area is 139 Å². The molecule has 1 fully saturated rings. The van der Waals surface area contributed by atoms with Crippen LogP contribution in [-0.2, 0) is 9.47 Å². The number of thioether (sulfide) groups is 1. The van der Waals surface area contributed by atoms with Gasteiger partial charge in [0.2, 0.25) is 0 Å². The Hall–Kier alpha value is -0.460. The van der Waals surface area contributed by atoms with Crippen LogP contribution in [0, 0.1) is 0 Å². The zero-order valence-electron chi connectivity index (χ0n) is 14.5. The van der Waals surface area contributed by atoms with E-state index < -0.39 is 5.60 Å². The fourth-order valence-corrected chi connectivity index (χ4v) is 2.73. The Morgan fingerprint density at radius 1 is 1.27 bits per heavy atom. The fourth-order valence-electron chi connectivity index (χ4n) is 2.30. The van der Waals surface area contributed by atoms with Crippen molar-refractivity contribution in [1.82, 2.24) is 10.2 Å². The normalized spacial score (nSPS) is 16.8. The van der Waals surface area contributed by atoms with Gasteiger partial charge in [0.15, 0.2) is 0 Å². The van der Waals surface area contributed by atoms with Crippen molar-refractivity contribution in [2.24, 2.45) is 0 Å². The fraction of sp³-hybridized carbons (Fsp3) is 0.938. The summed E-state index contributed by atoms with van der Waals surface area (Å²) in [5, 5.41) is 3.39. The average Bonchev–Trinajstić information content (AvgIpc) is 2.45. The van der Waals surface area contributed by atoms with Gasteiger partial charge in [-0.15, -0.1) is 0 Å². The molecule has 130 valence electrons. The highest BCUT2D eigenvalue weighted by Crippen LogP contribution is 2.17. The second-order valence-corrected chi connectivity index (χ2v) is 7.62. The first-order chi connectivity index (χ1) is 10.4. The Morgan fingerprint density at radius 2 is 1.95 bits per heavy atom. The highest BCUT2D eigenvalue weighted by atomic mass is 32.2. The maximum Gasteiger partial charge on any atom is 0.410 e. The lowest BCUT2D eigenvalue weighted by atomic mass is 10.1. The number of amides is 1. The number of nitrogens with one attached hydrogen (secondary N) is 1. The maximum atomic E-state index is 12.0. The van der Waals surface area contributed by atoms with E-state index in [1.165, 1.54) is 12.2 Å². The summed E-state index contributed by atoms with van der Waals surface area (Å²) in [5.74, 6) is 1.21. The third-order valence-electron chi connectivity index (χ3n) is 3.43. The van der Waals surface area contributed by atoms with Crippen molar-refractivity contribution in [3.05, 3.63) is 0 Å². The first-order valence-electron chi connectivity index (χ1n) is 8.21. The van der Waals surface area contributed by atoms with Gasteiger partial charge in [0.05, 0.1) is 12.7 Å². The van der Waals surface area contributed by atoms with Crippen molar-refractivity contribution in [3.63, 3.8) is 0 Å². The molecule has 0 aliphatic carbocycles. The molecule has 0 radical (unpaired) electrons. The monoisotopic (exact) mass is 332 g/mol. The van der Waals surface area contributed by atoms with Crippen LogP contribution in [0.15, 0.2) is 0 Å². The standard InChI is InChI=1S/C16H32N2O3S/c1-16(2,3)21-15(19)18-10-6-14(7-11-18)20-12-9-17-8-5-13-22-4/h14,17H,5-13H2,1-4H3. The molecule has 0 unspecified atom stereocenters. The summed E-state index contributed by atoms with van der Waals surface area (Å²) < 4.78 is 11.3. The Morgan fingerprint density at radius 3 is 2.55 bits per heavy atom. The molecule has 1 aliphatic rings. The Balaban J connectivity index is 2.06. The number of ether oxygens (including phenoxy) is 2. The van der Waals surface area contributed by atoms with Crippen molar-refractivity contribution in [2.45, 2.75) is 51.7 Å². The van der Waals surface area contributed by atoms with Crippen LogP contribution in [0.2, 0.25) is 0 Å². The SMILES string of the molecule is CSCCCNCCOC1CCN(C(=O)OC(C)(C)C)CC1. The molecule has 1 heterocycles. The molecule has 0 aromatic rings. The topological polar surface area (TPSA) is 50.8 Å². The first-order valence-corrected chi connectivity index (χ1v) is 9.61. The summed E-state index contributed by atoms with van der Waals surface area (Å²) in [5.41, 5.74) is -0.424. The molecule has 1 rings (SSSR count). The van der Waals surface area contributed by atoms with E-state index in [4.69, 9.17) is 9.47 Å². The number of likely N-dealkylation sites (tertiary alicyclic amines) is 1. The molecule has 22 heavy (non-hydrogen) atoms. The molecule has 6 heteroatoms. The Bertz CT molecular complexity index is 313. The van der Waals surface area contributed by atoms with Gasteiger partial charge in [-0.2, -0.15) is 11.8 Å². The van der Waals surface area contributed by atoms with Gasteiger partial charge >= 0.3 is 6.09 Å². The minimum Gasteiger partial charge on any atom is -0.444 e. The van der Waals surface area contributed by atoms with Crippen molar-refractivity contribution < 1.29 is 14.3 Å². The number of hydrogen-bond acceptors (Lipinski definition) is 5. The highest BCUT2D eigenvalue weighted by molar-refractivity contribution is 7.98. The van der Waals surface area contributed by atoms with Crippen molar-refractivity contribution in [1.29, 1.82) is 0 Å². The molecular weight excluding hydrogens is 300 g/mol. The highest BCUT2D eigenvalue weighted by Gasteiger charge is 2.26. The second-order valence-electron chi connectivity index (χ2n) is 6.63. The molecule has 1 aliphatic heterocycles. The lowest BCUT2D eigenvalue weighted by Crippen LogP contribution is -2.43. The molecule has 0 saturated carbocycles. The van der Waals surface area contributed by atoms with E-state index in [2.05, 4.69) is 11.6 Å². The van der Waals surface area contributed by atoms with Crippen molar-refractivity contribution in [3.8, 4) is 0 Å². The van der Waals surface area contributed by atoms with E-state index in [1.807, 2.05) is 32.5 Å². The molecule has 0 aromatic carbocycles. The number of rotatable bonds is 8.